The fourth-order valence-corrected chi connectivity index (χ4v) is 3.19. The third-order valence-corrected chi connectivity index (χ3v) is 4.58. The van der Waals surface area contributed by atoms with Crippen molar-refractivity contribution in [1.82, 2.24) is 19.4 Å². The zero-order valence-corrected chi connectivity index (χ0v) is 15.5. The first-order valence-electron chi connectivity index (χ1n) is 9.06. The lowest BCUT2D eigenvalue weighted by atomic mass is 10.3. The van der Waals surface area contributed by atoms with Crippen LogP contribution in [0.1, 0.15) is 22.1 Å². The molecule has 0 radical (unpaired) electrons. The largest absolute Gasteiger partial charge is 0.454 e. The summed E-state index contributed by atoms with van der Waals surface area (Å²) in [5.74, 6) is 1.40. The monoisotopic (exact) mass is 376 g/mol. The molecule has 0 spiro atoms. The van der Waals surface area contributed by atoms with Crippen molar-refractivity contribution in [1.29, 1.82) is 0 Å². The molecule has 3 aromatic heterocycles. The number of imidazole rings is 1. The molecule has 0 unspecified atom stereocenters. The Labute approximate surface area is 161 Å². The minimum atomic E-state index is -0.284. The third kappa shape index (κ3) is 3.59. The van der Waals surface area contributed by atoms with E-state index in [1.54, 1.807) is 30.5 Å². The van der Waals surface area contributed by atoms with Gasteiger partial charge in [0.05, 0.1) is 17.6 Å². The standard InChI is InChI=1S/C21H20N4O3/c1-15-23-17-6-2-3-7-18(17)25(15)13-11-22-21(27)19-10-9-16(28-19)14-24-12-5-4-8-20(24)26/h2-10,12H,11,13-14H2,1H3,(H,22,27). The van der Waals surface area contributed by atoms with E-state index < -0.39 is 0 Å². The van der Waals surface area contributed by atoms with Gasteiger partial charge >= 0.3 is 0 Å². The first-order valence-corrected chi connectivity index (χ1v) is 9.06. The van der Waals surface area contributed by atoms with Crippen molar-refractivity contribution in [3.05, 3.63) is 88.5 Å². The molecule has 7 nitrogen and oxygen atoms in total. The summed E-state index contributed by atoms with van der Waals surface area (Å²) < 4.78 is 9.19. The maximum atomic E-state index is 12.4. The second-order valence-corrected chi connectivity index (χ2v) is 6.49. The van der Waals surface area contributed by atoms with Crippen LogP contribution in [0.4, 0.5) is 0 Å². The molecule has 0 fully saturated rings. The number of aromatic nitrogens is 3. The number of carbonyl (C=O) groups is 1. The summed E-state index contributed by atoms with van der Waals surface area (Å²) in [6.07, 6.45) is 1.68. The number of nitrogens with zero attached hydrogens (tertiary/aromatic N) is 3. The molecule has 0 bridgehead atoms. The Bertz CT molecular complexity index is 1190. The van der Waals surface area contributed by atoms with Crippen LogP contribution >= 0.6 is 0 Å². The number of aryl methyl sites for hydroxylation is 1. The third-order valence-electron chi connectivity index (χ3n) is 4.58. The molecular formula is C21H20N4O3. The van der Waals surface area contributed by atoms with Gasteiger partial charge in [0.2, 0.25) is 0 Å². The molecule has 1 aromatic carbocycles. The number of rotatable bonds is 6. The van der Waals surface area contributed by atoms with Gasteiger partial charge in [-0.3, -0.25) is 9.59 Å². The molecule has 4 rings (SSSR count). The lowest BCUT2D eigenvalue weighted by Crippen LogP contribution is -2.27. The number of nitrogens with one attached hydrogen (secondary N) is 1. The summed E-state index contributed by atoms with van der Waals surface area (Å²) in [6.45, 7) is 3.30. The van der Waals surface area contributed by atoms with E-state index >= 15 is 0 Å². The first kappa shape index (κ1) is 17.8. The highest BCUT2D eigenvalue weighted by Crippen LogP contribution is 2.15. The molecule has 0 saturated carbocycles. The minimum Gasteiger partial charge on any atom is -0.454 e. The number of amides is 1. The van der Waals surface area contributed by atoms with Crippen LogP contribution in [0, 0.1) is 6.92 Å². The summed E-state index contributed by atoms with van der Waals surface area (Å²) in [7, 11) is 0. The summed E-state index contributed by atoms with van der Waals surface area (Å²) in [6, 6.07) is 16.2. The van der Waals surface area contributed by atoms with Crippen molar-refractivity contribution in [3.63, 3.8) is 0 Å². The van der Waals surface area contributed by atoms with Crippen LogP contribution in [-0.2, 0) is 13.1 Å². The molecule has 28 heavy (non-hydrogen) atoms. The summed E-state index contributed by atoms with van der Waals surface area (Å²) in [5, 5.41) is 2.87. The van der Waals surface area contributed by atoms with Crippen molar-refractivity contribution in [2.75, 3.05) is 6.54 Å². The highest BCUT2D eigenvalue weighted by Gasteiger charge is 2.12. The molecule has 1 N–H and O–H groups in total. The van der Waals surface area contributed by atoms with Crippen molar-refractivity contribution < 1.29 is 9.21 Å². The van der Waals surface area contributed by atoms with Gasteiger partial charge in [-0.25, -0.2) is 4.98 Å². The van der Waals surface area contributed by atoms with Crippen molar-refractivity contribution in [3.8, 4) is 0 Å². The Morgan fingerprint density at radius 3 is 2.79 bits per heavy atom. The predicted octanol–water partition coefficient (Wildman–Crippen LogP) is 2.58. The van der Waals surface area contributed by atoms with Gasteiger partial charge in [0.1, 0.15) is 11.6 Å². The van der Waals surface area contributed by atoms with Crippen LogP contribution in [0.25, 0.3) is 11.0 Å². The predicted molar refractivity (Wildman–Crippen MR) is 105 cm³/mol. The van der Waals surface area contributed by atoms with E-state index in [-0.39, 0.29) is 23.8 Å². The lowest BCUT2D eigenvalue weighted by molar-refractivity contribution is 0.0922. The average molecular weight is 376 g/mol. The fraction of sp³-hybridized carbons (Fsp3) is 0.190. The van der Waals surface area contributed by atoms with Crippen LogP contribution in [0.3, 0.4) is 0 Å². The molecule has 0 aliphatic carbocycles. The van der Waals surface area contributed by atoms with E-state index in [1.165, 1.54) is 10.6 Å². The molecule has 1 amide bonds. The lowest BCUT2D eigenvalue weighted by Gasteiger charge is -2.08. The van der Waals surface area contributed by atoms with Crippen molar-refractivity contribution in [2.45, 2.75) is 20.0 Å². The van der Waals surface area contributed by atoms with Crippen LogP contribution in [0.2, 0.25) is 0 Å². The second kappa shape index (κ2) is 7.56. The number of hydrogen-bond acceptors (Lipinski definition) is 4. The van der Waals surface area contributed by atoms with Gasteiger partial charge in [-0.2, -0.15) is 0 Å². The summed E-state index contributed by atoms with van der Waals surface area (Å²) >= 11 is 0. The molecule has 0 aliphatic heterocycles. The molecule has 3 heterocycles. The van der Waals surface area contributed by atoms with Gasteiger partial charge in [0.15, 0.2) is 5.76 Å². The van der Waals surface area contributed by atoms with E-state index in [1.807, 2.05) is 31.2 Å². The SMILES string of the molecule is Cc1nc2ccccc2n1CCNC(=O)c1ccc(Cn2ccccc2=O)o1. The number of hydrogen-bond donors (Lipinski definition) is 1. The number of pyridine rings is 1. The minimum absolute atomic E-state index is 0.118. The van der Waals surface area contributed by atoms with Gasteiger partial charge in [-0.15, -0.1) is 0 Å². The van der Waals surface area contributed by atoms with E-state index in [0.29, 0.717) is 18.8 Å². The molecule has 0 aliphatic rings. The van der Waals surface area contributed by atoms with Crippen molar-refractivity contribution >= 4 is 16.9 Å². The average Bonchev–Trinajstić information content (AvgIpc) is 3.28. The molecule has 0 saturated heterocycles. The molecular weight excluding hydrogens is 356 g/mol. The van der Waals surface area contributed by atoms with Crippen LogP contribution < -0.4 is 10.9 Å². The van der Waals surface area contributed by atoms with Gasteiger partial charge in [0, 0.05) is 25.4 Å². The molecule has 142 valence electrons. The number of fused-ring (bicyclic) bond motifs is 1. The summed E-state index contributed by atoms with van der Waals surface area (Å²) in [4.78, 5) is 28.7. The quantitative estimate of drug-likeness (QED) is 0.561. The first-order chi connectivity index (χ1) is 13.6. The Balaban J connectivity index is 1.38. The molecule has 0 atom stereocenters. The zero-order chi connectivity index (χ0) is 19.5. The van der Waals surface area contributed by atoms with Gasteiger partial charge < -0.3 is 18.9 Å². The maximum Gasteiger partial charge on any atom is 0.287 e. The Morgan fingerprint density at radius 1 is 1.11 bits per heavy atom. The molecule has 7 heteroatoms. The second-order valence-electron chi connectivity index (χ2n) is 6.49. The normalized spacial score (nSPS) is 11.0. The van der Waals surface area contributed by atoms with E-state index in [9.17, 15) is 9.59 Å². The highest BCUT2D eigenvalue weighted by molar-refractivity contribution is 5.91. The van der Waals surface area contributed by atoms with Gasteiger partial charge in [-0.05, 0) is 37.3 Å². The Kier molecular flexibility index (Phi) is 4.80. The fourth-order valence-electron chi connectivity index (χ4n) is 3.19. The molecule has 4 aromatic rings. The highest BCUT2D eigenvalue weighted by atomic mass is 16.4. The Morgan fingerprint density at radius 2 is 1.93 bits per heavy atom. The van der Waals surface area contributed by atoms with Crippen LogP contribution in [0.5, 0.6) is 0 Å². The van der Waals surface area contributed by atoms with Crippen molar-refractivity contribution in [2.24, 2.45) is 0 Å². The number of para-hydroxylation sites is 2. The van der Waals surface area contributed by atoms with E-state index in [2.05, 4.69) is 14.9 Å². The topological polar surface area (TPSA) is 82.1 Å². The van der Waals surface area contributed by atoms with Crippen LogP contribution in [-0.4, -0.2) is 26.6 Å². The zero-order valence-electron chi connectivity index (χ0n) is 15.5. The van der Waals surface area contributed by atoms with Gasteiger partial charge in [0.25, 0.3) is 11.5 Å². The summed E-state index contributed by atoms with van der Waals surface area (Å²) in [5.41, 5.74) is 1.87. The maximum absolute atomic E-state index is 12.4. The Hall–Kier alpha value is -3.61. The van der Waals surface area contributed by atoms with E-state index in [4.69, 9.17) is 4.42 Å². The van der Waals surface area contributed by atoms with Gasteiger partial charge in [-0.1, -0.05) is 18.2 Å². The number of furan rings is 1. The van der Waals surface area contributed by atoms with E-state index in [0.717, 1.165) is 16.9 Å². The number of carbonyl (C=O) groups excluding carboxylic acids is 1. The van der Waals surface area contributed by atoms with Crippen LogP contribution in [0.15, 0.2) is 70.0 Å². The number of benzene rings is 1. The smallest absolute Gasteiger partial charge is 0.287 e.